The standard InChI is InChI=1S/C17H23FN6/c1-23-7-6-19-16(23)11-24-10-13(18)8-14(24)9-21-15-4-5-20-17(22-15)12-2-3-12/h4-7,12-14H,2-3,8-11H2,1H3,(H,20,21,22)/t13-,14-/m0/s1. The lowest BCUT2D eigenvalue weighted by atomic mass is 10.2. The number of imidazole rings is 1. The van der Waals surface area contributed by atoms with Crippen molar-refractivity contribution in [1.82, 2.24) is 24.4 Å². The van der Waals surface area contributed by atoms with Crippen LogP contribution in [0.3, 0.4) is 0 Å². The Morgan fingerprint density at radius 2 is 2.17 bits per heavy atom. The van der Waals surface area contributed by atoms with Crippen LogP contribution in [-0.2, 0) is 13.6 Å². The fourth-order valence-corrected chi connectivity index (χ4v) is 3.29. The molecule has 128 valence electrons. The van der Waals surface area contributed by atoms with Gasteiger partial charge in [-0.2, -0.15) is 0 Å². The highest BCUT2D eigenvalue weighted by Crippen LogP contribution is 2.38. The number of halogens is 1. The van der Waals surface area contributed by atoms with Crippen LogP contribution in [0.5, 0.6) is 0 Å². The summed E-state index contributed by atoms with van der Waals surface area (Å²) in [6.07, 6.45) is 7.67. The van der Waals surface area contributed by atoms with E-state index in [2.05, 4.69) is 25.2 Å². The molecule has 1 saturated heterocycles. The number of aromatic nitrogens is 4. The average Bonchev–Trinajstić information content (AvgIpc) is 3.27. The van der Waals surface area contributed by atoms with Gasteiger partial charge < -0.3 is 9.88 Å². The minimum Gasteiger partial charge on any atom is -0.368 e. The third-order valence-electron chi connectivity index (χ3n) is 4.88. The molecule has 2 aromatic rings. The number of likely N-dealkylation sites (tertiary alicyclic amines) is 1. The molecule has 0 unspecified atom stereocenters. The highest BCUT2D eigenvalue weighted by atomic mass is 19.1. The van der Waals surface area contributed by atoms with Crippen molar-refractivity contribution in [2.75, 3.05) is 18.4 Å². The zero-order chi connectivity index (χ0) is 16.5. The summed E-state index contributed by atoms with van der Waals surface area (Å²) in [5.74, 6) is 3.27. The van der Waals surface area contributed by atoms with Gasteiger partial charge >= 0.3 is 0 Å². The van der Waals surface area contributed by atoms with E-state index < -0.39 is 6.17 Å². The Bertz CT molecular complexity index is 698. The Kier molecular flexibility index (Phi) is 4.18. The van der Waals surface area contributed by atoms with Gasteiger partial charge in [0.25, 0.3) is 0 Å². The number of rotatable bonds is 6. The molecule has 1 saturated carbocycles. The molecule has 2 aromatic heterocycles. The second-order valence-electron chi connectivity index (χ2n) is 6.83. The molecule has 3 heterocycles. The number of nitrogens with one attached hydrogen (secondary N) is 1. The van der Waals surface area contributed by atoms with Gasteiger partial charge in [-0.3, -0.25) is 4.90 Å². The molecule has 0 radical (unpaired) electrons. The van der Waals surface area contributed by atoms with E-state index in [1.807, 2.05) is 23.9 Å². The summed E-state index contributed by atoms with van der Waals surface area (Å²) in [5.41, 5.74) is 0. The summed E-state index contributed by atoms with van der Waals surface area (Å²) < 4.78 is 15.9. The fourth-order valence-electron chi connectivity index (χ4n) is 3.29. The van der Waals surface area contributed by atoms with Crippen LogP contribution in [0.15, 0.2) is 24.7 Å². The Morgan fingerprint density at radius 3 is 2.92 bits per heavy atom. The maximum atomic E-state index is 13.9. The van der Waals surface area contributed by atoms with Gasteiger partial charge in [0.15, 0.2) is 0 Å². The molecule has 6 nitrogen and oxygen atoms in total. The van der Waals surface area contributed by atoms with Gasteiger partial charge in [0, 0.05) is 50.7 Å². The Labute approximate surface area is 141 Å². The second-order valence-corrected chi connectivity index (χ2v) is 6.83. The van der Waals surface area contributed by atoms with Crippen molar-refractivity contribution < 1.29 is 4.39 Å². The molecule has 0 amide bonds. The number of hydrogen-bond acceptors (Lipinski definition) is 5. The molecule has 4 rings (SSSR count). The van der Waals surface area contributed by atoms with E-state index in [4.69, 9.17) is 0 Å². The van der Waals surface area contributed by atoms with Crippen molar-refractivity contribution in [2.24, 2.45) is 7.05 Å². The molecule has 7 heteroatoms. The maximum Gasteiger partial charge on any atom is 0.133 e. The molecular formula is C17H23FN6. The van der Waals surface area contributed by atoms with Gasteiger partial charge in [0.2, 0.25) is 0 Å². The van der Waals surface area contributed by atoms with Crippen LogP contribution in [0.1, 0.15) is 36.8 Å². The fraction of sp³-hybridized carbons (Fsp3) is 0.588. The quantitative estimate of drug-likeness (QED) is 0.879. The van der Waals surface area contributed by atoms with Crippen LogP contribution < -0.4 is 5.32 Å². The van der Waals surface area contributed by atoms with Crippen LogP contribution in [0, 0.1) is 0 Å². The Morgan fingerprint density at radius 1 is 1.29 bits per heavy atom. The maximum absolute atomic E-state index is 13.9. The molecule has 1 aliphatic heterocycles. The van der Waals surface area contributed by atoms with E-state index in [1.165, 1.54) is 12.8 Å². The van der Waals surface area contributed by atoms with Gasteiger partial charge in [-0.25, -0.2) is 19.3 Å². The number of anilines is 1. The van der Waals surface area contributed by atoms with Gasteiger partial charge in [-0.15, -0.1) is 0 Å². The van der Waals surface area contributed by atoms with E-state index in [0.717, 1.165) is 17.5 Å². The van der Waals surface area contributed by atoms with Crippen molar-refractivity contribution in [1.29, 1.82) is 0 Å². The number of alkyl halides is 1. The summed E-state index contributed by atoms with van der Waals surface area (Å²) in [6.45, 7) is 1.83. The van der Waals surface area contributed by atoms with Crippen molar-refractivity contribution in [3.63, 3.8) is 0 Å². The molecule has 1 aliphatic carbocycles. The molecule has 0 bridgehead atoms. The number of aryl methyl sites for hydroxylation is 1. The summed E-state index contributed by atoms with van der Waals surface area (Å²) in [7, 11) is 1.97. The van der Waals surface area contributed by atoms with Crippen molar-refractivity contribution in [2.45, 2.75) is 43.9 Å². The topological polar surface area (TPSA) is 58.9 Å². The summed E-state index contributed by atoms with van der Waals surface area (Å²) in [5, 5.41) is 3.37. The van der Waals surface area contributed by atoms with Gasteiger partial charge in [-0.1, -0.05) is 0 Å². The predicted molar refractivity (Wildman–Crippen MR) is 89.4 cm³/mol. The first kappa shape index (κ1) is 15.5. The first-order valence-electron chi connectivity index (χ1n) is 8.60. The van der Waals surface area contributed by atoms with Gasteiger partial charge in [0.05, 0.1) is 6.54 Å². The molecular weight excluding hydrogens is 307 g/mol. The van der Waals surface area contributed by atoms with E-state index in [0.29, 0.717) is 32.0 Å². The molecule has 2 atom stereocenters. The smallest absolute Gasteiger partial charge is 0.133 e. The molecule has 2 fully saturated rings. The van der Waals surface area contributed by atoms with Crippen molar-refractivity contribution >= 4 is 5.82 Å². The van der Waals surface area contributed by atoms with Crippen LogP contribution >= 0.6 is 0 Å². The molecule has 24 heavy (non-hydrogen) atoms. The van der Waals surface area contributed by atoms with E-state index >= 15 is 0 Å². The molecule has 2 aliphatic rings. The van der Waals surface area contributed by atoms with Crippen LogP contribution in [0.4, 0.5) is 10.2 Å². The third-order valence-corrected chi connectivity index (χ3v) is 4.88. The molecule has 1 N–H and O–H groups in total. The normalized spacial score (nSPS) is 24.4. The minimum absolute atomic E-state index is 0.149. The highest BCUT2D eigenvalue weighted by Gasteiger charge is 2.32. The van der Waals surface area contributed by atoms with E-state index in [-0.39, 0.29) is 6.04 Å². The van der Waals surface area contributed by atoms with Crippen LogP contribution in [-0.4, -0.2) is 49.7 Å². The lowest BCUT2D eigenvalue weighted by molar-refractivity contribution is 0.233. The summed E-state index contributed by atoms with van der Waals surface area (Å²) >= 11 is 0. The Balaban J connectivity index is 1.38. The van der Waals surface area contributed by atoms with E-state index in [9.17, 15) is 4.39 Å². The third kappa shape index (κ3) is 3.40. The second kappa shape index (κ2) is 6.47. The van der Waals surface area contributed by atoms with Gasteiger partial charge in [0.1, 0.15) is 23.6 Å². The molecule has 0 spiro atoms. The SMILES string of the molecule is Cn1ccnc1CN1C[C@@H](F)C[C@H]1CNc1ccnc(C2CC2)n1. The Hall–Kier alpha value is -2.02. The average molecular weight is 330 g/mol. The number of nitrogens with zero attached hydrogens (tertiary/aromatic N) is 5. The highest BCUT2D eigenvalue weighted by molar-refractivity contribution is 5.34. The van der Waals surface area contributed by atoms with Crippen LogP contribution in [0.2, 0.25) is 0 Å². The van der Waals surface area contributed by atoms with Crippen molar-refractivity contribution in [3.05, 3.63) is 36.3 Å². The van der Waals surface area contributed by atoms with Crippen molar-refractivity contribution in [3.8, 4) is 0 Å². The summed E-state index contributed by atoms with van der Waals surface area (Å²) in [6, 6.07) is 2.03. The lowest BCUT2D eigenvalue weighted by Crippen LogP contribution is -2.35. The first-order chi connectivity index (χ1) is 11.7. The first-order valence-corrected chi connectivity index (χ1v) is 8.60. The number of hydrogen-bond donors (Lipinski definition) is 1. The molecule has 0 aromatic carbocycles. The zero-order valence-corrected chi connectivity index (χ0v) is 13.9. The monoisotopic (exact) mass is 330 g/mol. The predicted octanol–water partition coefficient (Wildman–Crippen LogP) is 2.11. The van der Waals surface area contributed by atoms with Crippen LogP contribution in [0.25, 0.3) is 0 Å². The zero-order valence-electron chi connectivity index (χ0n) is 13.9. The summed E-state index contributed by atoms with van der Waals surface area (Å²) in [4.78, 5) is 15.4. The van der Waals surface area contributed by atoms with E-state index in [1.54, 1.807) is 12.4 Å². The lowest BCUT2D eigenvalue weighted by Gasteiger charge is -2.24. The minimum atomic E-state index is -0.774. The largest absolute Gasteiger partial charge is 0.368 e. The van der Waals surface area contributed by atoms with Gasteiger partial charge in [-0.05, 0) is 25.3 Å².